The molecule has 3 heterocycles. The van der Waals surface area contributed by atoms with Crippen LogP contribution >= 0.6 is 0 Å². The van der Waals surface area contributed by atoms with Crippen molar-refractivity contribution in [2.45, 2.75) is 95.4 Å². The van der Waals surface area contributed by atoms with Crippen LogP contribution in [-0.2, 0) is 26.2 Å². The maximum Gasteiger partial charge on any atom is 0.411 e. The fourth-order valence-electron chi connectivity index (χ4n) is 8.22. The summed E-state index contributed by atoms with van der Waals surface area (Å²) in [6.07, 6.45) is 4.07. The highest BCUT2D eigenvalue weighted by molar-refractivity contribution is 6.08. The first kappa shape index (κ1) is 32.2. The van der Waals surface area contributed by atoms with E-state index < -0.39 is 29.2 Å². The lowest BCUT2D eigenvalue weighted by Crippen LogP contribution is -2.55. The maximum absolute atomic E-state index is 15.8. The fraction of sp³-hybridized carbons (Fsp3) is 0.541. The van der Waals surface area contributed by atoms with E-state index in [4.69, 9.17) is 4.74 Å². The number of likely N-dealkylation sites (tertiary alicyclic amines) is 2. The molecular weight excluding hydrogens is 583 g/mol. The van der Waals surface area contributed by atoms with Crippen molar-refractivity contribution in [3.05, 3.63) is 65.5 Å². The Bertz CT molecular complexity index is 1580. The topological polar surface area (TPSA) is 82.2 Å². The van der Waals surface area contributed by atoms with Crippen molar-refractivity contribution in [1.29, 1.82) is 0 Å². The smallest absolute Gasteiger partial charge is 0.411 e. The van der Waals surface area contributed by atoms with Crippen molar-refractivity contribution in [2.75, 3.05) is 32.1 Å². The van der Waals surface area contributed by atoms with E-state index in [2.05, 4.69) is 29.9 Å². The number of anilines is 1. The lowest BCUT2D eigenvalue weighted by atomic mass is 9.74. The number of nitrogens with one attached hydrogen (secondary N) is 1. The van der Waals surface area contributed by atoms with Crippen molar-refractivity contribution in [2.24, 2.45) is 5.92 Å². The maximum atomic E-state index is 15.8. The summed E-state index contributed by atoms with van der Waals surface area (Å²) in [6.45, 7) is 13.0. The number of carbonyl (C=O) groups is 3. The van der Waals surface area contributed by atoms with E-state index in [0.29, 0.717) is 17.7 Å². The molecule has 6 rings (SSSR count). The van der Waals surface area contributed by atoms with E-state index in [1.54, 1.807) is 15.9 Å². The van der Waals surface area contributed by atoms with Crippen molar-refractivity contribution in [3.63, 3.8) is 0 Å². The van der Waals surface area contributed by atoms with Crippen LogP contribution in [0.2, 0.25) is 0 Å². The van der Waals surface area contributed by atoms with Gasteiger partial charge in [-0.1, -0.05) is 30.4 Å². The summed E-state index contributed by atoms with van der Waals surface area (Å²) in [5.41, 5.74) is 3.47. The first-order valence-electron chi connectivity index (χ1n) is 16.6. The second-order valence-corrected chi connectivity index (χ2v) is 15.0. The summed E-state index contributed by atoms with van der Waals surface area (Å²) in [6, 6.07) is 10.1. The quantitative estimate of drug-likeness (QED) is 0.407. The monoisotopic (exact) mass is 630 g/mol. The number of ether oxygens (including phenoxy) is 1. The Morgan fingerprint density at radius 2 is 1.85 bits per heavy atom. The molecule has 0 radical (unpaired) electrons. The molecule has 46 heavy (non-hydrogen) atoms. The lowest BCUT2D eigenvalue weighted by molar-refractivity contribution is -0.128. The number of benzene rings is 2. The molecular formula is C37H47FN4O4. The Balaban J connectivity index is 1.20. The van der Waals surface area contributed by atoms with Crippen LogP contribution in [0.1, 0.15) is 70.9 Å². The standard InChI is InChI=1S/C37H47FN4O4/c1-22(2)30(39-33(43)32-26-11-13-27(17-26)42(32)35(45)46-36(3,4)5)20-25-10-9-24(19-29(25)38)23-12-14-31-28(18-23)37(34(44)41(31)7)15-8-16-40(6)21-37/h9-10,12,14,18-19,26-27,30,32H,1,8,11,13,15-17,20-21H2,2-7H3,(H,39,43)/t26?,27?,30-,32-,37?/m0/s1. The third-order valence-corrected chi connectivity index (χ3v) is 10.5. The number of nitrogens with zero attached hydrogens (tertiary/aromatic N) is 3. The van der Waals surface area contributed by atoms with E-state index >= 15 is 4.39 Å². The molecule has 1 N–H and O–H groups in total. The van der Waals surface area contributed by atoms with Crippen molar-refractivity contribution >= 4 is 23.6 Å². The normalized spacial score (nSPS) is 26.4. The van der Waals surface area contributed by atoms with E-state index in [0.717, 1.165) is 61.0 Å². The van der Waals surface area contributed by atoms with Crippen LogP contribution in [-0.4, -0.2) is 78.6 Å². The highest BCUT2D eigenvalue weighted by Crippen LogP contribution is 2.48. The van der Waals surface area contributed by atoms with E-state index in [1.165, 1.54) is 6.07 Å². The summed E-state index contributed by atoms with van der Waals surface area (Å²) >= 11 is 0. The minimum absolute atomic E-state index is 0.00416. The van der Waals surface area contributed by atoms with Crippen LogP contribution in [0, 0.1) is 11.7 Å². The Hall–Kier alpha value is -3.72. The highest BCUT2D eigenvalue weighted by Gasteiger charge is 2.53. The summed E-state index contributed by atoms with van der Waals surface area (Å²) in [5, 5.41) is 3.09. The number of rotatable bonds is 6. The molecule has 3 unspecified atom stereocenters. The molecule has 246 valence electrons. The molecule has 2 saturated heterocycles. The van der Waals surface area contributed by atoms with Gasteiger partial charge in [-0.15, -0.1) is 0 Å². The van der Waals surface area contributed by atoms with E-state index in [1.807, 2.05) is 52.9 Å². The number of piperidine rings is 2. The molecule has 8 nitrogen and oxygen atoms in total. The number of fused-ring (bicyclic) bond motifs is 4. The van der Waals surface area contributed by atoms with Crippen LogP contribution in [0.5, 0.6) is 0 Å². The summed E-state index contributed by atoms with van der Waals surface area (Å²) in [4.78, 5) is 45.9. The third kappa shape index (κ3) is 5.72. The van der Waals surface area contributed by atoms with Crippen molar-refractivity contribution in [3.8, 4) is 11.1 Å². The number of hydrogen-bond acceptors (Lipinski definition) is 5. The number of halogens is 1. The predicted octanol–water partition coefficient (Wildman–Crippen LogP) is 5.82. The molecule has 2 aromatic carbocycles. The molecule has 2 bridgehead atoms. The van der Waals surface area contributed by atoms with Crippen LogP contribution in [0.15, 0.2) is 48.6 Å². The molecule has 1 spiro atoms. The van der Waals surface area contributed by atoms with Crippen LogP contribution in [0.3, 0.4) is 0 Å². The summed E-state index contributed by atoms with van der Waals surface area (Å²) in [5.74, 6) is -0.410. The predicted molar refractivity (Wildman–Crippen MR) is 177 cm³/mol. The number of amides is 3. The SMILES string of the molecule is C=C(C)[C@H](Cc1ccc(-c2ccc3c(c2)C2(CCCN(C)C2)C(=O)N3C)cc1F)NC(=O)[C@@H]1C2CCC(C2)N1C(=O)OC(C)(C)C. The van der Waals surface area contributed by atoms with E-state index in [9.17, 15) is 14.4 Å². The fourth-order valence-corrected chi connectivity index (χ4v) is 8.22. The average Bonchev–Trinajstić information content (AvgIpc) is 3.66. The third-order valence-electron chi connectivity index (χ3n) is 10.5. The summed E-state index contributed by atoms with van der Waals surface area (Å²) in [7, 11) is 3.89. The zero-order chi connectivity index (χ0) is 33.1. The second kappa shape index (κ2) is 11.8. The highest BCUT2D eigenvalue weighted by atomic mass is 19.1. The van der Waals surface area contributed by atoms with Gasteiger partial charge in [0.05, 0.1) is 11.5 Å². The first-order valence-corrected chi connectivity index (χ1v) is 16.6. The molecule has 2 aromatic rings. The van der Waals surface area contributed by atoms with Crippen LogP contribution in [0.4, 0.5) is 14.9 Å². The van der Waals surface area contributed by atoms with Gasteiger partial charge in [-0.25, -0.2) is 9.18 Å². The van der Waals surface area contributed by atoms with Crippen LogP contribution in [0.25, 0.3) is 11.1 Å². The van der Waals surface area contributed by atoms with Crippen molar-refractivity contribution in [1.82, 2.24) is 15.1 Å². The van der Waals surface area contributed by atoms with Gasteiger partial charge in [0.1, 0.15) is 17.5 Å². The van der Waals surface area contributed by atoms with Crippen molar-refractivity contribution < 1.29 is 23.5 Å². The minimum Gasteiger partial charge on any atom is -0.444 e. The second-order valence-electron chi connectivity index (χ2n) is 15.0. The summed E-state index contributed by atoms with van der Waals surface area (Å²) < 4.78 is 21.4. The van der Waals surface area contributed by atoms with Gasteiger partial charge in [-0.05, 0) is 126 Å². The Morgan fingerprint density at radius 1 is 1.13 bits per heavy atom. The molecule has 3 aliphatic heterocycles. The Labute approximate surface area is 271 Å². The largest absolute Gasteiger partial charge is 0.444 e. The van der Waals surface area contributed by atoms with Gasteiger partial charge in [0.2, 0.25) is 11.8 Å². The lowest BCUT2D eigenvalue weighted by Gasteiger charge is -2.37. The molecule has 3 fully saturated rings. The molecule has 0 aromatic heterocycles. The van der Waals surface area contributed by atoms with Gasteiger partial charge < -0.3 is 19.9 Å². The van der Waals surface area contributed by atoms with Gasteiger partial charge in [0, 0.05) is 25.3 Å². The van der Waals surface area contributed by atoms with Gasteiger partial charge in [0.15, 0.2) is 0 Å². The average molecular weight is 631 g/mol. The molecule has 1 saturated carbocycles. The molecule has 3 amide bonds. The number of carbonyl (C=O) groups excluding carboxylic acids is 3. The zero-order valence-corrected chi connectivity index (χ0v) is 28.0. The van der Waals surface area contributed by atoms with Gasteiger partial charge in [-0.2, -0.15) is 0 Å². The Morgan fingerprint density at radius 3 is 2.52 bits per heavy atom. The number of likely N-dealkylation sites (N-methyl/N-ethyl adjacent to an activating group) is 2. The zero-order valence-electron chi connectivity index (χ0n) is 28.0. The minimum atomic E-state index is -0.661. The molecule has 1 aliphatic carbocycles. The number of hydrogen-bond donors (Lipinski definition) is 1. The van der Waals surface area contributed by atoms with E-state index in [-0.39, 0.29) is 36.0 Å². The Kier molecular flexibility index (Phi) is 8.28. The van der Waals surface area contributed by atoms with Gasteiger partial charge >= 0.3 is 6.09 Å². The molecule has 9 heteroatoms. The van der Waals surface area contributed by atoms with Crippen LogP contribution < -0.4 is 10.2 Å². The van der Waals surface area contributed by atoms with Gasteiger partial charge in [0.25, 0.3) is 0 Å². The molecule has 5 atom stereocenters. The molecule has 4 aliphatic rings. The van der Waals surface area contributed by atoms with Gasteiger partial charge in [-0.3, -0.25) is 14.5 Å². The first-order chi connectivity index (χ1) is 21.7.